The molecule has 3 aromatic rings. The highest BCUT2D eigenvalue weighted by Gasteiger charge is 2.39. The molecule has 1 N–H and O–H groups in total. The van der Waals surface area contributed by atoms with E-state index in [0.29, 0.717) is 23.1 Å². The van der Waals surface area contributed by atoms with Crippen molar-refractivity contribution in [3.05, 3.63) is 94.0 Å². The molecule has 1 heterocycles. The lowest BCUT2D eigenvalue weighted by atomic mass is 10.0. The number of anilines is 1. The lowest BCUT2D eigenvalue weighted by molar-refractivity contribution is -0.128. The van der Waals surface area contributed by atoms with E-state index in [-0.39, 0.29) is 11.8 Å². The van der Waals surface area contributed by atoms with Crippen LogP contribution in [0.5, 0.6) is 0 Å². The average Bonchev–Trinajstić information content (AvgIpc) is 2.80. The van der Waals surface area contributed by atoms with Crippen LogP contribution in [0.15, 0.2) is 77.7 Å². The van der Waals surface area contributed by atoms with E-state index in [2.05, 4.69) is 5.32 Å². The Bertz CT molecular complexity index is 1150. The number of amides is 2. The van der Waals surface area contributed by atoms with Crippen LogP contribution in [0.2, 0.25) is 10.0 Å². The highest BCUT2D eigenvalue weighted by molar-refractivity contribution is 8.01. The van der Waals surface area contributed by atoms with Crippen LogP contribution in [0.4, 0.5) is 5.69 Å². The van der Waals surface area contributed by atoms with Crippen LogP contribution in [0.25, 0.3) is 0 Å². The van der Waals surface area contributed by atoms with Crippen molar-refractivity contribution in [2.24, 2.45) is 5.92 Å². The zero-order valence-electron chi connectivity index (χ0n) is 17.4. The number of carbonyl (C=O) groups excluding carboxylic acids is 2. The second-order valence-electron chi connectivity index (χ2n) is 7.62. The summed E-state index contributed by atoms with van der Waals surface area (Å²) in [4.78, 5) is 29.2. The predicted octanol–water partition coefficient (Wildman–Crippen LogP) is 5.95. The van der Waals surface area contributed by atoms with E-state index in [0.717, 1.165) is 21.7 Å². The fourth-order valence-corrected chi connectivity index (χ4v) is 5.32. The molecule has 0 saturated carbocycles. The van der Waals surface area contributed by atoms with Crippen LogP contribution < -0.4 is 10.2 Å². The zero-order valence-corrected chi connectivity index (χ0v) is 19.8. The van der Waals surface area contributed by atoms with E-state index >= 15 is 0 Å². The van der Waals surface area contributed by atoms with Crippen LogP contribution in [0.3, 0.4) is 0 Å². The van der Waals surface area contributed by atoms with Crippen molar-refractivity contribution >= 4 is 52.5 Å². The van der Waals surface area contributed by atoms with Crippen molar-refractivity contribution in [3.8, 4) is 0 Å². The van der Waals surface area contributed by atoms with Gasteiger partial charge in [0, 0.05) is 21.5 Å². The molecule has 2 amide bonds. The molecular formula is C25H22Cl2N2O2S. The summed E-state index contributed by atoms with van der Waals surface area (Å²) in [5.41, 5.74) is 2.53. The topological polar surface area (TPSA) is 49.4 Å². The lowest BCUT2D eigenvalue weighted by Crippen LogP contribution is -2.47. The first-order chi connectivity index (χ1) is 15.5. The van der Waals surface area contributed by atoms with Gasteiger partial charge in [-0.3, -0.25) is 9.59 Å². The fourth-order valence-electron chi connectivity index (χ4n) is 3.64. The van der Waals surface area contributed by atoms with Crippen LogP contribution >= 0.6 is 35.0 Å². The molecule has 2 atom stereocenters. The van der Waals surface area contributed by atoms with E-state index in [1.54, 1.807) is 17.9 Å². The Hall–Kier alpha value is -2.47. The molecule has 1 aliphatic heterocycles. The third-order valence-electron chi connectivity index (χ3n) is 5.48. The van der Waals surface area contributed by atoms with E-state index in [4.69, 9.17) is 23.2 Å². The van der Waals surface area contributed by atoms with Crippen LogP contribution in [-0.4, -0.2) is 17.1 Å². The number of nitrogens with one attached hydrogen (secondary N) is 1. The first-order valence-electron chi connectivity index (χ1n) is 10.3. The molecule has 0 aromatic heterocycles. The quantitative estimate of drug-likeness (QED) is 0.469. The number of hydrogen-bond acceptors (Lipinski definition) is 3. The van der Waals surface area contributed by atoms with Gasteiger partial charge in [-0.1, -0.05) is 78.7 Å². The van der Waals surface area contributed by atoms with Gasteiger partial charge in [0.05, 0.1) is 18.2 Å². The number of rotatable bonds is 6. The number of hydrogen-bond donors (Lipinski definition) is 1. The van der Waals surface area contributed by atoms with E-state index < -0.39 is 11.2 Å². The minimum Gasteiger partial charge on any atom is -0.352 e. The molecule has 0 radical (unpaired) electrons. The zero-order chi connectivity index (χ0) is 22.7. The van der Waals surface area contributed by atoms with Crippen molar-refractivity contribution in [1.29, 1.82) is 0 Å². The maximum absolute atomic E-state index is 13.5. The Morgan fingerprint density at radius 2 is 1.56 bits per heavy atom. The summed E-state index contributed by atoms with van der Waals surface area (Å²) in [5.74, 6) is -0.820. The molecule has 1 aliphatic rings. The van der Waals surface area contributed by atoms with Crippen molar-refractivity contribution in [1.82, 2.24) is 5.32 Å². The largest absolute Gasteiger partial charge is 0.352 e. The second kappa shape index (κ2) is 9.99. The van der Waals surface area contributed by atoms with Crippen molar-refractivity contribution in [2.45, 2.75) is 30.2 Å². The third kappa shape index (κ3) is 4.80. The Balaban J connectivity index is 1.55. The Morgan fingerprint density at radius 3 is 2.25 bits per heavy atom. The van der Waals surface area contributed by atoms with Crippen molar-refractivity contribution in [2.75, 3.05) is 4.90 Å². The van der Waals surface area contributed by atoms with E-state index in [1.165, 1.54) is 11.8 Å². The van der Waals surface area contributed by atoms with Crippen LogP contribution in [-0.2, 0) is 22.7 Å². The molecule has 32 heavy (non-hydrogen) atoms. The third-order valence-corrected chi connectivity index (χ3v) is 7.68. The summed E-state index contributed by atoms with van der Waals surface area (Å²) in [6.45, 7) is 2.45. The molecule has 4 nitrogen and oxygen atoms in total. The highest BCUT2D eigenvalue weighted by atomic mass is 35.5. The number of para-hydroxylation sites is 1. The van der Waals surface area contributed by atoms with Crippen molar-refractivity contribution < 1.29 is 9.59 Å². The molecular weight excluding hydrogens is 463 g/mol. The molecule has 164 valence electrons. The summed E-state index contributed by atoms with van der Waals surface area (Å²) < 4.78 is 0. The molecule has 0 bridgehead atoms. The maximum atomic E-state index is 13.5. The molecule has 0 spiro atoms. The number of thioether (sulfide) groups is 1. The monoisotopic (exact) mass is 484 g/mol. The minimum atomic E-state index is -0.543. The second-order valence-corrected chi connectivity index (χ2v) is 9.62. The molecule has 0 aliphatic carbocycles. The van der Waals surface area contributed by atoms with Gasteiger partial charge in [-0.25, -0.2) is 0 Å². The molecule has 0 fully saturated rings. The van der Waals surface area contributed by atoms with Gasteiger partial charge in [0.2, 0.25) is 11.8 Å². The van der Waals surface area contributed by atoms with Gasteiger partial charge in [-0.2, -0.15) is 0 Å². The van der Waals surface area contributed by atoms with Gasteiger partial charge in [0.25, 0.3) is 0 Å². The van der Waals surface area contributed by atoms with Gasteiger partial charge in [0.1, 0.15) is 5.25 Å². The van der Waals surface area contributed by atoms with Gasteiger partial charge < -0.3 is 10.2 Å². The predicted molar refractivity (Wildman–Crippen MR) is 131 cm³/mol. The molecule has 7 heteroatoms. The maximum Gasteiger partial charge on any atom is 0.241 e. The first-order valence-corrected chi connectivity index (χ1v) is 11.9. The molecule has 0 unspecified atom stereocenters. The van der Waals surface area contributed by atoms with E-state index in [9.17, 15) is 9.59 Å². The molecule has 3 aromatic carbocycles. The number of benzene rings is 3. The Kier molecular flexibility index (Phi) is 7.09. The molecule has 0 saturated heterocycles. The fraction of sp³-hybridized carbons (Fsp3) is 0.200. The normalized spacial score (nSPS) is 16.4. The Labute approximate surface area is 201 Å². The summed E-state index contributed by atoms with van der Waals surface area (Å²) in [6.07, 6.45) is 0. The van der Waals surface area contributed by atoms with Gasteiger partial charge in [-0.05, 0) is 35.4 Å². The highest BCUT2D eigenvalue weighted by Crippen LogP contribution is 2.42. The first kappa shape index (κ1) is 22.7. The minimum absolute atomic E-state index is 0.103. The Morgan fingerprint density at radius 1 is 0.969 bits per heavy atom. The number of fused-ring (bicyclic) bond motifs is 1. The summed E-state index contributed by atoms with van der Waals surface area (Å²) in [5, 5.41) is 3.59. The van der Waals surface area contributed by atoms with Gasteiger partial charge in [0.15, 0.2) is 0 Å². The summed E-state index contributed by atoms with van der Waals surface area (Å²) in [6, 6.07) is 22.6. The van der Waals surface area contributed by atoms with Gasteiger partial charge >= 0.3 is 0 Å². The van der Waals surface area contributed by atoms with Gasteiger partial charge in [-0.15, -0.1) is 11.8 Å². The standard InChI is InChI=1S/C25H22Cl2N2O2S/c1-16(24(30)28-14-17-8-2-4-10-19(17)26)23-25(31)29(15-18-9-3-5-11-20(18)27)21-12-6-7-13-22(21)32-23/h2-13,16,23H,14-15H2,1H3,(H,28,30)/t16-,23+/m1/s1. The number of carbonyl (C=O) groups is 2. The lowest BCUT2D eigenvalue weighted by Gasteiger charge is -2.36. The summed E-state index contributed by atoms with van der Waals surface area (Å²) in [7, 11) is 0. The average molecular weight is 485 g/mol. The van der Waals surface area contributed by atoms with Crippen molar-refractivity contribution in [3.63, 3.8) is 0 Å². The van der Waals surface area contributed by atoms with Crippen LogP contribution in [0, 0.1) is 5.92 Å². The summed E-state index contributed by atoms with van der Waals surface area (Å²) >= 11 is 14.0. The van der Waals surface area contributed by atoms with Crippen LogP contribution in [0.1, 0.15) is 18.1 Å². The molecule has 4 rings (SSSR count). The number of nitrogens with zero attached hydrogens (tertiary/aromatic N) is 1. The van der Waals surface area contributed by atoms with E-state index in [1.807, 2.05) is 66.7 Å². The number of halogens is 2. The SMILES string of the molecule is C[C@@H](C(=O)NCc1ccccc1Cl)[C@@H]1Sc2ccccc2N(Cc2ccccc2Cl)C1=O. The smallest absolute Gasteiger partial charge is 0.241 e.